The molecule has 0 amide bonds. The summed E-state index contributed by atoms with van der Waals surface area (Å²) in [4.78, 5) is 3.99. The van der Waals surface area contributed by atoms with Crippen molar-refractivity contribution in [3.63, 3.8) is 0 Å². The molecule has 6 nitrogen and oxygen atoms in total. The number of pyridine rings is 1. The minimum atomic E-state index is -3.21. The molecule has 0 unspecified atom stereocenters. The molecule has 2 atom stereocenters. The molecular weight excluding hydrogens is 292 g/mol. The maximum atomic E-state index is 12.4. The topological polar surface area (TPSA) is 68.7 Å². The van der Waals surface area contributed by atoms with E-state index in [-0.39, 0.29) is 17.8 Å². The number of hydrogen-bond acceptors (Lipinski definition) is 5. The molecule has 0 radical (unpaired) electrons. The maximum Gasteiger partial charge on any atom is 0.214 e. The van der Waals surface area contributed by atoms with Crippen molar-refractivity contribution >= 4 is 10.0 Å². The van der Waals surface area contributed by atoms with E-state index in [1.165, 1.54) is 0 Å². The molecule has 2 fully saturated rings. The summed E-state index contributed by atoms with van der Waals surface area (Å²) in [6, 6.07) is 3.64. The first-order valence-electron chi connectivity index (χ1n) is 7.26. The van der Waals surface area contributed by atoms with Gasteiger partial charge in [0.15, 0.2) is 0 Å². The number of nitrogens with zero attached hydrogens (tertiary/aromatic N) is 2. The van der Waals surface area contributed by atoms with Crippen LogP contribution in [0.1, 0.15) is 12.8 Å². The average molecular weight is 312 g/mol. The Labute approximate surface area is 125 Å². The largest absolute Gasteiger partial charge is 0.487 e. The fraction of sp³-hybridized carbons (Fsp3) is 0.643. The molecule has 0 saturated carbocycles. The van der Waals surface area contributed by atoms with Gasteiger partial charge in [-0.05, 0) is 30.9 Å². The Morgan fingerprint density at radius 1 is 1.43 bits per heavy atom. The molecule has 0 spiro atoms. The predicted molar refractivity (Wildman–Crippen MR) is 77.6 cm³/mol. The van der Waals surface area contributed by atoms with Gasteiger partial charge in [0.25, 0.3) is 0 Å². The lowest BCUT2D eigenvalue weighted by molar-refractivity contribution is 0.188. The van der Waals surface area contributed by atoms with Gasteiger partial charge in [-0.3, -0.25) is 4.98 Å². The quantitative estimate of drug-likeness (QED) is 0.808. The van der Waals surface area contributed by atoms with Gasteiger partial charge in [0.1, 0.15) is 11.9 Å². The van der Waals surface area contributed by atoms with Crippen LogP contribution in [-0.2, 0) is 14.8 Å². The van der Waals surface area contributed by atoms with Crippen LogP contribution < -0.4 is 4.74 Å². The van der Waals surface area contributed by atoms with Crippen LogP contribution in [0.5, 0.6) is 5.75 Å². The Morgan fingerprint density at radius 3 is 3.05 bits per heavy atom. The van der Waals surface area contributed by atoms with Gasteiger partial charge in [-0.1, -0.05) is 0 Å². The van der Waals surface area contributed by atoms with Gasteiger partial charge in [-0.15, -0.1) is 0 Å². The van der Waals surface area contributed by atoms with Crippen molar-refractivity contribution in [1.82, 2.24) is 9.29 Å². The lowest BCUT2D eigenvalue weighted by Crippen LogP contribution is -2.35. The molecule has 1 aromatic rings. The highest BCUT2D eigenvalue weighted by molar-refractivity contribution is 7.89. The zero-order valence-electron chi connectivity index (χ0n) is 11.8. The molecule has 2 aliphatic heterocycles. The Bertz CT molecular complexity index is 558. The Hall–Kier alpha value is -1.18. The summed E-state index contributed by atoms with van der Waals surface area (Å²) in [5.41, 5.74) is 0. The fourth-order valence-corrected chi connectivity index (χ4v) is 4.62. The molecule has 1 aromatic heterocycles. The third-order valence-electron chi connectivity index (χ3n) is 3.91. The van der Waals surface area contributed by atoms with Gasteiger partial charge in [-0.2, -0.15) is 4.31 Å². The number of hydrogen-bond donors (Lipinski definition) is 0. The van der Waals surface area contributed by atoms with E-state index in [1.807, 2.05) is 6.07 Å². The Kier molecular flexibility index (Phi) is 4.42. The van der Waals surface area contributed by atoms with Crippen LogP contribution in [0.4, 0.5) is 0 Å². The van der Waals surface area contributed by atoms with Gasteiger partial charge in [0.2, 0.25) is 10.0 Å². The van der Waals surface area contributed by atoms with Gasteiger partial charge < -0.3 is 9.47 Å². The molecule has 3 heterocycles. The number of ether oxygens (including phenoxy) is 2. The SMILES string of the molecule is O=S(=O)(C[C@H]1CCOC1)N1CC[C@H](Oc2cccnc2)C1. The van der Waals surface area contributed by atoms with E-state index < -0.39 is 10.0 Å². The molecule has 3 rings (SSSR count). The molecule has 0 bridgehead atoms. The van der Waals surface area contributed by atoms with E-state index in [0.29, 0.717) is 32.1 Å². The van der Waals surface area contributed by atoms with Crippen LogP contribution in [0.2, 0.25) is 0 Å². The van der Waals surface area contributed by atoms with Crippen molar-refractivity contribution in [2.45, 2.75) is 18.9 Å². The maximum absolute atomic E-state index is 12.4. The second-order valence-corrected chi connectivity index (χ2v) is 7.60. The van der Waals surface area contributed by atoms with E-state index in [9.17, 15) is 8.42 Å². The summed E-state index contributed by atoms with van der Waals surface area (Å²) in [6.45, 7) is 2.18. The highest BCUT2D eigenvalue weighted by Crippen LogP contribution is 2.22. The van der Waals surface area contributed by atoms with E-state index in [4.69, 9.17) is 9.47 Å². The predicted octanol–water partition coefficient (Wildman–Crippen LogP) is 0.901. The molecule has 2 saturated heterocycles. The van der Waals surface area contributed by atoms with Crippen LogP contribution in [-0.4, -0.2) is 55.9 Å². The molecule has 0 N–H and O–H groups in total. The molecule has 21 heavy (non-hydrogen) atoms. The first-order valence-corrected chi connectivity index (χ1v) is 8.87. The highest BCUT2D eigenvalue weighted by atomic mass is 32.2. The first-order chi connectivity index (χ1) is 10.1. The van der Waals surface area contributed by atoms with Crippen molar-refractivity contribution in [2.75, 3.05) is 32.1 Å². The molecule has 116 valence electrons. The third-order valence-corrected chi connectivity index (χ3v) is 5.92. The van der Waals surface area contributed by atoms with E-state index >= 15 is 0 Å². The molecule has 0 aromatic carbocycles. The number of rotatable bonds is 5. The number of aromatic nitrogens is 1. The van der Waals surface area contributed by atoms with Crippen molar-refractivity contribution in [3.05, 3.63) is 24.5 Å². The van der Waals surface area contributed by atoms with Gasteiger partial charge in [-0.25, -0.2) is 8.42 Å². The minimum absolute atomic E-state index is 0.0937. The lowest BCUT2D eigenvalue weighted by Gasteiger charge is -2.18. The van der Waals surface area contributed by atoms with Gasteiger partial charge in [0, 0.05) is 19.3 Å². The smallest absolute Gasteiger partial charge is 0.214 e. The monoisotopic (exact) mass is 312 g/mol. The summed E-state index contributed by atoms with van der Waals surface area (Å²) >= 11 is 0. The second kappa shape index (κ2) is 6.29. The number of sulfonamides is 1. The van der Waals surface area contributed by atoms with E-state index in [0.717, 1.165) is 12.8 Å². The van der Waals surface area contributed by atoms with Crippen LogP contribution >= 0.6 is 0 Å². The van der Waals surface area contributed by atoms with E-state index in [1.54, 1.807) is 22.8 Å². The molecule has 0 aliphatic carbocycles. The Balaban J connectivity index is 1.56. The summed E-state index contributed by atoms with van der Waals surface area (Å²) in [5.74, 6) is 1.01. The average Bonchev–Trinajstić information content (AvgIpc) is 3.11. The normalized spacial score (nSPS) is 27.0. The van der Waals surface area contributed by atoms with Crippen LogP contribution in [0.25, 0.3) is 0 Å². The molecular formula is C14H20N2O4S. The third kappa shape index (κ3) is 3.72. The van der Waals surface area contributed by atoms with Crippen LogP contribution in [0.3, 0.4) is 0 Å². The van der Waals surface area contributed by atoms with E-state index in [2.05, 4.69) is 4.98 Å². The van der Waals surface area contributed by atoms with Crippen LogP contribution in [0, 0.1) is 5.92 Å². The van der Waals surface area contributed by atoms with Crippen molar-refractivity contribution < 1.29 is 17.9 Å². The second-order valence-electron chi connectivity index (χ2n) is 5.58. The van der Waals surface area contributed by atoms with Crippen molar-refractivity contribution in [1.29, 1.82) is 0 Å². The summed E-state index contributed by atoms with van der Waals surface area (Å²) < 4.78 is 37.4. The minimum Gasteiger partial charge on any atom is -0.487 e. The summed E-state index contributed by atoms with van der Waals surface area (Å²) in [7, 11) is -3.21. The summed E-state index contributed by atoms with van der Waals surface area (Å²) in [6.07, 6.45) is 4.79. The van der Waals surface area contributed by atoms with Gasteiger partial charge >= 0.3 is 0 Å². The van der Waals surface area contributed by atoms with Crippen molar-refractivity contribution in [3.8, 4) is 5.75 Å². The summed E-state index contributed by atoms with van der Waals surface area (Å²) in [5, 5.41) is 0. The highest BCUT2D eigenvalue weighted by Gasteiger charge is 2.34. The molecule has 2 aliphatic rings. The zero-order chi connectivity index (χ0) is 14.7. The zero-order valence-corrected chi connectivity index (χ0v) is 12.7. The fourth-order valence-electron chi connectivity index (χ4n) is 2.77. The van der Waals surface area contributed by atoms with Crippen LogP contribution in [0.15, 0.2) is 24.5 Å². The van der Waals surface area contributed by atoms with Gasteiger partial charge in [0.05, 0.1) is 25.1 Å². The van der Waals surface area contributed by atoms with Crippen molar-refractivity contribution in [2.24, 2.45) is 5.92 Å². The Morgan fingerprint density at radius 2 is 2.33 bits per heavy atom. The lowest BCUT2D eigenvalue weighted by atomic mass is 10.2. The standard InChI is InChI=1S/C14H20N2O4S/c17-21(18,11-12-4-7-19-10-12)16-6-3-14(9-16)20-13-2-1-5-15-8-13/h1-2,5,8,12,14H,3-4,6-7,9-11H2/t12-,14-/m0/s1. The molecule has 7 heteroatoms. The first kappa shape index (κ1) is 14.7.